The molecule has 1 amide bonds. The summed E-state index contributed by atoms with van der Waals surface area (Å²) in [6.45, 7) is 6.91. The van der Waals surface area contributed by atoms with Crippen LogP contribution in [0, 0.1) is 5.92 Å². The maximum atomic E-state index is 13.1. The number of rotatable bonds is 5. The van der Waals surface area contributed by atoms with Crippen LogP contribution in [0.25, 0.3) is 0 Å². The molecule has 160 valence electrons. The Bertz CT molecular complexity index is 963. The SMILES string of the molecule is CCCNC(=O)CC(C)c1ccc2c(c1O)C(=O)C[C@H]1C3=C(CC[C@]21C)C(=O)OC3. The standard InChI is InChI=1S/C24H29NO5/c1-4-9-25-20(27)10-13(2)14-5-6-17-21(22(14)28)19(26)11-18-16-12-30-23(29)15(16)7-8-24(17,18)3/h5-6,13,18,28H,4,7-12H2,1-3H3,(H,25,27)/t13?,18-,24+/m0/s1. The van der Waals surface area contributed by atoms with Crippen molar-refractivity contribution in [3.63, 3.8) is 0 Å². The van der Waals surface area contributed by atoms with Crippen LogP contribution in [0.3, 0.4) is 0 Å². The molecule has 1 heterocycles. The monoisotopic (exact) mass is 411 g/mol. The Morgan fingerprint density at radius 1 is 1.37 bits per heavy atom. The third kappa shape index (κ3) is 3.13. The highest BCUT2D eigenvalue weighted by Crippen LogP contribution is 2.55. The van der Waals surface area contributed by atoms with Crippen LogP contribution in [0.15, 0.2) is 23.3 Å². The topological polar surface area (TPSA) is 92.7 Å². The molecule has 6 heteroatoms. The Hall–Kier alpha value is -2.63. The number of carbonyl (C=O) groups is 3. The largest absolute Gasteiger partial charge is 0.507 e. The summed E-state index contributed by atoms with van der Waals surface area (Å²) in [6.07, 6.45) is 2.76. The second kappa shape index (κ2) is 7.56. The molecule has 0 saturated heterocycles. The summed E-state index contributed by atoms with van der Waals surface area (Å²) in [5.74, 6) is -0.688. The predicted molar refractivity (Wildman–Crippen MR) is 111 cm³/mol. The smallest absolute Gasteiger partial charge is 0.334 e. The first-order valence-electron chi connectivity index (χ1n) is 10.8. The first-order chi connectivity index (χ1) is 14.3. The number of phenols is 1. The van der Waals surface area contributed by atoms with E-state index in [1.165, 1.54) is 0 Å². The number of esters is 1. The third-order valence-corrected chi connectivity index (χ3v) is 7.16. The second-order valence-electron chi connectivity index (χ2n) is 9.06. The Kier molecular flexibility index (Phi) is 5.20. The zero-order chi connectivity index (χ0) is 21.6. The molecule has 3 atom stereocenters. The summed E-state index contributed by atoms with van der Waals surface area (Å²) < 4.78 is 5.24. The summed E-state index contributed by atoms with van der Waals surface area (Å²) in [5, 5.41) is 13.9. The molecule has 0 aromatic heterocycles. The fourth-order valence-electron chi connectivity index (χ4n) is 5.41. The maximum Gasteiger partial charge on any atom is 0.334 e. The molecule has 0 spiro atoms. The van der Waals surface area contributed by atoms with Crippen LogP contribution in [0.2, 0.25) is 0 Å². The molecular formula is C24H29NO5. The third-order valence-electron chi connectivity index (χ3n) is 7.16. The van der Waals surface area contributed by atoms with Crippen LogP contribution >= 0.6 is 0 Å². The first kappa shape index (κ1) is 20.6. The highest BCUT2D eigenvalue weighted by atomic mass is 16.5. The van der Waals surface area contributed by atoms with Crippen LogP contribution in [0.5, 0.6) is 5.75 Å². The van der Waals surface area contributed by atoms with Crippen LogP contribution < -0.4 is 5.32 Å². The lowest BCUT2D eigenvalue weighted by atomic mass is 9.56. The van der Waals surface area contributed by atoms with E-state index in [4.69, 9.17) is 4.74 Å². The van der Waals surface area contributed by atoms with E-state index < -0.39 is 0 Å². The summed E-state index contributed by atoms with van der Waals surface area (Å²) in [4.78, 5) is 37.2. The van der Waals surface area contributed by atoms with Crippen molar-refractivity contribution >= 4 is 17.7 Å². The summed E-state index contributed by atoms with van der Waals surface area (Å²) >= 11 is 0. The Labute approximate surface area is 176 Å². The number of phenolic OH excluding ortho intramolecular Hbond substituents is 1. The average molecular weight is 411 g/mol. The molecule has 0 saturated carbocycles. The van der Waals surface area contributed by atoms with Gasteiger partial charge in [-0.3, -0.25) is 9.59 Å². The number of amides is 1. The highest BCUT2D eigenvalue weighted by Gasteiger charge is 2.51. The molecule has 30 heavy (non-hydrogen) atoms. The minimum absolute atomic E-state index is 0.00601. The van der Waals surface area contributed by atoms with Gasteiger partial charge >= 0.3 is 5.97 Å². The molecular weight excluding hydrogens is 382 g/mol. The number of ether oxygens (including phenoxy) is 1. The Balaban J connectivity index is 1.68. The Morgan fingerprint density at radius 2 is 2.13 bits per heavy atom. The minimum atomic E-state index is -0.326. The minimum Gasteiger partial charge on any atom is -0.507 e. The van der Waals surface area contributed by atoms with Gasteiger partial charge in [0.15, 0.2) is 5.78 Å². The van der Waals surface area contributed by atoms with Crippen molar-refractivity contribution in [2.45, 2.75) is 64.2 Å². The van der Waals surface area contributed by atoms with E-state index in [0.29, 0.717) is 24.1 Å². The number of Topliss-reactive ketones (excluding diaryl/α,β-unsaturated/α-hetero) is 1. The molecule has 0 bridgehead atoms. The fraction of sp³-hybridized carbons (Fsp3) is 0.542. The van der Waals surface area contributed by atoms with Crippen molar-refractivity contribution in [2.24, 2.45) is 5.92 Å². The molecule has 0 fully saturated rings. The predicted octanol–water partition coefficient (Wildman–Crippen LogP) is 3.52. The molecule has 1 aliphatic heterocycles. The Morgan fingerprint density at radius 3 is 2.87 bits per heavy atom. The van der Waals surface area contributed by atoms with E-state index in [2.05, 4.69) is 12.2 Å². The van der Waals surface area contributed by atoms with Crippen LogP contribution in [-0.4, -0.2) is 35.9 Å². The number of hydrogen-bond donors (Lipinski definition) is 2. The second-order valence-corrected chi connectivity index (χ2v) is 9.06. The van der Waals surface area contributed by atoms with Gasteiger partial charge < -0.3 is 15.2 Å². The van der Waals surface area contributed by atoms with Crippen molar-refractivity contribution in [3.8, 4) is 5.75 Å². The zero-order valence-corrected chi connectivity index (χ0v) is 17.8. The molecule has 1 aromatic rings. The van der Waals surface area contributed by atoms with Gasteiger partial charge in [0.25, 0.3) is 0 Å². The van der Waals surface area contributed by atoms with Gasteiger partial charge in [0.1, 0.15) is 12.4 Å². The molecule has 3 aliphatic rings. The molecule has 1 unspecified atom stereocenters. The number of fused-ring (bicyclic) bond motifs is 4. The van der Waals surface area contributed by atoms with Gasteiger partial charge in [-0.15, -0.1) is 0 Å². The van der Waals surface area contributed by atoms with Crippen LogP contribution in [0.1, 0.15) is 80.3 Å². The van der Waals surface area contributed by atoms with Gasteiger partial charge in [-0.2, -0.15) is 0 Å². The molecule has 4 rings (SSSR count). The number of ketones is 1. The van der Waals surface area contributed by atoms with Crippen molar-refractivity contribution < 1.29 is 24.2 Å². The number of aromatic hydroxyl groups is 1. The first-order valence-corrected chi connectivity index (χ1v) is 10.8. The van der Waals surface area contributed by atoms with E-state index in [1.54, 1.807) is 0 Å². The van der Waals surface area contributed by atoms with E-state index in [0.717, 1.165) is 29.6 Å². The van der Waals surface area contributed by atoms with Gasteiger partial charge in [0, 0.05) is 36.3 Å². The van der Waals surface area contributed by atoms with Gasteiger partial charge in [0.05, 0.1) is 5.56 Å². The lowest BCUT2D eigenvalue weighted by molar-refractivity contribution is -0.136. The quantitative estimate of drug-likeness (QED) is 0.723. The van der Waals surface area contributed by atoms with E-state index >= 15 is 0 Å². The fourth-order valence-corrected chi connectivity index (χ4v) is 5.41. The molecule has 1 aromatic carbocycles. The normalized spacial score (nSPS) is 25.9. The van der Waals surface area contributed by atoms with E-state index in [1.807, 2.05) is 26.0 Å². The number of carbonyl (C=O) groups excluding carboxylic acids is 3. The van der Waals surface area contributed by atoms with Crippen molar-refractivity contribution in [3.05, 3.63) is 40.0 Å². The molecule has 2 N–H and O–H groups in total. The lowest BCUT2D eigenvalue weighted by Crippen LogP contribution is -2.43. The summed E-state index contributed by atoms with van der Waals surface area (Å²) in [6, 6.07) is 3.80. The number of hydrogen-bond acceptors (Lipinski definition) is 5. The lowest BCUT2D eigenvalue weighted by Gasteiger charge is -2.46. The zero-order valence-electron chi connectivity index (χ0n) is 17.8. The average Bonchev–Trinajstić information content (AvgIpc) is 3.08. The van der Waals surface area contributed by atoms with E-state index in [-0.39, 0.29) is 60.1 Å². The van der Waals surface area contributed by atoms with Crippen LogP contribution in [0.4, 0.5) is 0 Å². The maximum absolute atomic E-state index is 13.1. The summed E-state index contributed by atoms with van der Waals surface area (Å²) in [7, 11) is 0. The van der Waals surface area contributed by atoms with Gasteiger partial charge in [-0.05, 0) is 41.9 Å². The van der Waals surface area contributed by atoms with Gasteiger partial charge in [-0.25, -0.2) is 4.79 Å². The number of cyclic esters (lactones) is 1. The molecule has 2 aliphatic carbocycles. The molecule has 6 nitrogen and oxygen atoms in total. The number of nitrogens with one attached hydrogen (secondary N) is 1. The van der Waals surface area contributed by atoms with Gasteiger partial charge in [-0.1, -0.05) is 32.9 Å². The van der Waals surface area contributed by atoms with Crippen molar-refractivity contribution in [1.29, 1.82) is 0 Å². The van der Waals surface area contributed by atoms with Crippen molar-refractivity contribution in [2.75, 3.05) is 13.2 Å². The number of benzene rings is 1. The summed E-state index contributed by atoms with van der Waals surface area (Å²) in [5.41, 5.74) is 3.23. The van der Waals surface area contributed by atoms with Crippen molar-refractivity contribution in [1.82, 2.24) is 5.32 Å². The van der Waals surface area contributed by atoms with Crippen LogP contribution in [-0.2, 0) is 19.7 Å². The van der Waals surface area contributed by atoms with Gasteiger partial charge in [0.2, 0.25) is 5.91 Å². The molecule has 0 radical (unpaired) electrons. The van der Waals surface area contributed by atoms with E-state index in [9.17, 15) is 19.5 Å². The highest BCUT2D eigenvalue weighted by molar-refractivity contribution is 6.03.